The summed E-state index contributed by atoms with van der Waals surface area (Å²) in [5, 5.41) is 11.8. The van der Waals surface area contributed by atoms with Crippen LogP contribution in [-0.2, 0) is 20.8 Å². The highest BCUT2D eigenvalue weighted by atomic mass is 16.7. The molecule has 26 heavy (non-hydrogen) atoms. The van der Waals surface area contributed by atoms with Gasteiger partial charge in [-0.25, -0.2) is 0 Å². The highest BCUT2D eigenvalue weighted by molar-refractivity contribution is 5.91. The van der Waals surface area contributed by atoms with Gasteiger partial charge in [-0.1, -0.05) is 36.8 Å². The summed E-state index contributed by atoms with van der Waals surface area (Å²) in [5.74, 6) is 1.19. The summed E-state index contributed by atoms with van der Waals surface area (Å²) < 4.78 is 11.7. The topological polar surface area (TPSA) is 67.8 Å². The fourth-order valence-electron chi connectivity index (χ4n) is 3.44. The summed E-state index contributed by atoms with van der Waals surface area (Å²) in [7, 11) is 0. The molecule has 0 unspecified atom stereocenters. The van der Waals surface area contributed by atoms with Gasteiger partial charge in [0.2, 0.25) is 6.29 Å². The number of amides is 1. The van der Waals surface area contributed by atoms with Gasteiger partial charge in [0.1, 0.15) is 0 Å². The van der Waals surface area contributed by atoms with Gasteiger partial charge in [0.05, 0.1) is 6.61 Å². The number of carbonyl (C=O) groups is 1. The molecule has 1 aromatic carbocycles. The highest BCUT2D eigenvalue weighted by Crippen LogP contribution is 2.39. The summed E-state index contributed by atoms with van der Waals surface area (Å²) >= 11 is 0. The maximum absolute atomic E-state index is 12.6. The van der Waals surface area contributed by atoms with Crippen LogP contribution >= 0.6 is 0 Å². The van der Waals surface area contributed by atoms with Crippen LogP contribution in [0.2, 0.25) is 0 Å². The number of aliphatic hydroxyl groups is 1. The highest BCUT2D eigenvalue weighted by Gasteiger charge is 2.34. The Labute approximate surface area is 155 Å². The molecule has 5 heteroatoms. The third kappa shape index (κ3) is 5.32. The van der Waals surface area contributed by atoms with Crippen molar-refractivity contribution in [2.24, 2.45) is 11.8 Å². The zero-order valence-corrected chi connectivity index (χ0v) is 15.2. The van der Waals surface area contributed by atoms with E-state index in [1.54, 1.807) is 0 Å². The predicted octanol–water partition coefficient (Wildman–Crippen LogP) is 3.14. The number of aliphatic hydroxyl groups excluding tert-OH is 1. The lowest BCUT2D eigenvalue weighted by atomic mass is 9.73. The molecule has 2 atom stereocenters. The molecule has 1 aromatic rings. The van der Waals surface area contributed by atoms with Crippen molar-refractivity contribution in [3.8, 4) is 0 Å². The average molecular weight is 359 g/mol. The lowest BCUT2D eigenvalue weighted by molar-refractivity contribution is -0.152. The summed E-state index contributed by atoms with van der Waals surface area (Å²) in [5.41, 5.74) is 1.06. The smallest absolute Gasteiger partial charge is 0.286 e. The van der Waals surface area contributed by atoms with E-state index in [1.165, 1.54) is 19.3 Å². The number of hydrogen-bond donors (Lipinski definition) is 2. The van der Waals surface area contributed by atoms with E-state index in [9.17, 15) is 4.79 Å². The summed E-state index contributed by atoms with van der Waals surface area (Å²) in [6.07, 6.45) is 7.66. The number of ether oxygens (including phenoxy) is 2. The number of carbonyl (C=O) groups excluding carboxylic acids is 1. The van der Waals surface area contributed by atoms with Crippen LogP contribution in [0.15, 0.2) is 42.2 Å². The first kappa shape index (κ1) is 18.9. The van der Waals surface area contributed by atoms with Crippen molar-refractivity contribution in [3.63, 3.8) is 0 Å². The zero-order chi connectivity index (χ0) is 18.2. The van der Waals surface area contributed by atoms with Crippen LogP contribution in [0.25, 0.3) is 0 Å². The van der Waals surface area contributed by atoms with Crippen molar-refractivity contribution < 1.29 is 19.4 Å². The predicted molar refractivity (Wildman–Crippen MR) is 99.0 cm³/mol. The average Bonchev–Trinajstić information content (AvgIpc) is 2.62. The number of nitrogens with one attached hydrogen (secondary N) is 1. The van der Waals surface area contributed by atoms with E-state index in [0.29, 0.717) is 30.7 Å². The Morgan fingerprint density at radius 3 is 2.73 bits per heavy atom. The molecule has 2 aliphatic rings. The van der Waals surface area contributed by atoms with Crippen molar-refractivity contribution >= 4 is 5.91 Å². The van der Waals surface area contributed by atoms with E-state index < -0.39 is 0 Å². The van der Waals surface area contributed by atoms with Crippen LogP contribution in [0.4, 0.5) is 0 Å². The second-order valence-electron chi connectivity index (χ2n) is 7.14. The second-order valence-corrected chi connectivity index (χ2v) is 7.14. The Kier molecular flexibility index (Phi) is 7.09. The maximum Gasteiger partial charge on any atom is 0.286 e. The number of allylic oxidation sites excluding steroid dienone is 1. The normalized spacial score (nSPS) is 22.9. The molecule has 0 saturated heterocycles. The maximum atomic E-state index is 12.6. The molecule has 1 heterocycles. The van der Waals surface area contributed by atoms with Gasteiger partial charge < -0.3 is 19.9 Å². The molecule has 3 rings (SSSR count). The molecular formula is C21H29NO4. The molecule has 0 spiro atoms. The molecule has 1 fully saturated rings. The first-order valence-corrected chi connectivity index (χ1v) is 9.69. The molecule has 1 aliphatic heterocycles. The molecule has 5 nitrogen and oxygen atoms in total. The van der Waals surface area contributed by atoms with E-state index >= 15 is 0 Å². The molecular weight excluding hydrogens is 330 g/mol. The monoisotopic (exact) mass is 359 g/mol. The van der Waals surface area contributed by atoms with Crippen molar-refractivity contribution in [1.82, 2.24) is 5.32 Å². The Balaban J connectivity index is 1.57. The third-order valence-electron chi connectivity index (χ3n) is 5.22. The van der Waals surface area contributed by atoms with Crippen LogP contribution in [0.1, 0.15) is 44.1 Å². The van der Waals surface area contributed by atoms with E-state index in [1.807, 2.05) is 36.4 Å². The van der Waals surface area contributed by atoms with Gasteiger partial charge in [-0.3, -0.25) is 4.79 Å². The minimum Gasteiger partial charge on any atom is -0.459 e. The number of benzene rings is 1. The van der Waals surface area contributed by atoms with E-state index in [2.05, 4.69) is 5.32 Å². The van der Waals surface area contributed by atoms with E-state index in [0.717, 1.165) is 24.8 Å². The first-order valence-electron chi connectivity index (χ1n) is 9.69. The molecule has 0 aromatic heterocycles. The lowest BCUT2D eigenvalue weighted by Crippen LogP contribution is -2.36. The van der Waals surface area contributed by atoms with Gasteiger partial charge in [-0.2, -0.15) is 0 Å². The SMILES string of the molecule is O=C(NCc1ccccc1)C1=C[C@@H](C2CCC2)C[C@@H](OCCCCO)O1. The van der Waals surface area contributed by atoms with Crippen LogP contribution in [0.5, 0.6) is 0 Å². The lowest BCUT2D eigenvalue weighted by Gasteiger charge is -2.37. The van der Waals surface area contributed by atoms with Crippen molar-refractivity contribution in [2.45, 2.75) is 51.4 Å². The summed E-state index contributed by atoms with van der Waals surface area (Å²) in [4.78, 5) is 12.6. The molecule has 1 aliphatic carbocycles. The third-order valence-corrected chi connectivity index (χ3v) is 5.22. The van der Waals surface area contributed by atoms with Gasteiger partial charge in [0.25, 0.3) is 5.91 Å². The summed E-state index contributed by atoms with van der Waals surface area (Å²) in [6.45, 7) is 1.20. The minimum absolute atomic E-state index is 0.173. The van der Waals surface area contributed by atoms with Crippen LogP contribution < -0.4 is 5.32 Å². The van der Waals surface area contributed by atoms with Crippen molar-refractivity contribution in [3.05, 3.63) is 47.7 Å². The zero-order valence-electron chi connectivity index (χ0n) is 15.2. The van der Waals surface area contributed by atoms with Crippen molar-refractivity contribution in [2.75, 3.05) is 13.2 Å². The first-order chi connectivity index (χ1) is 12.8. The van der Waals surface area contributed by atoms with Gasteiger partial charge >= 0.3 is 0 Å². The molecule has 0 radical (unpaired) electrons. The van der Waals surface area contributed by atoms with Gasteiger partial charge in [-0.05, 0) is 49.2 Å². The fraction of sp³-hybridized carbons (Fsp3) is 0.571. The number of unbranched alkanes of at least 4 members (excludes halogenated alkanes) is 1. The van der Waals surface area contributed by atoms with Crippen LogP contribution in [0, 0.1) is 11.8 Å². The fourth-order valence-corrected chi connectivity index (χ4v) is 3.44. The van der Waals surface area contributed by atoms with E-state index in [-0.39, 0.29) is 18.8 Å². The van der Waals surface area contributed by atoms with Gasteiger partial charge in [-0.15, -0.1) is 0 Å². The largest absolute Gasteiger partial charge is 0.459 e. The number of rotatable bonds is 9. The van der Waals surface area contributed by atoms with Crippen LogP contribution in [-0.4, -0.2) is 30.5 Å². The molecule has 1 saturated carbocycles. The summed E-state index contributed by atoms with van der Waals surface area (Å²) in [6, 6.07) is 9.85. The number of hydrogen-bond acceptors (Lipinski definition) is 4. The van der Waals surface area contributed by atoms with E-state index in [4.69, 9.17) is 14.6 Å². The second kappa shape index (κ2) is 9.74. The minimum atomic E-state index is -0.373. The molecule has 142 valence electrons. The quantitative estimate of drug-likeness (QED) is 0.665. The Bertz CT molecular complexity index is 597. The van der Waals surface area contributed by atoms with Crippen molar-refractivity contribution in [1.29, 1.82) is 0 Å². The molecule has 0 bridgehead atoms. The molecule has 2 N–H and O–H groups in total. The van der Waals surface area contributed by atoms with Gasteiger partial charge in [0, 0.05) is 19.6 Å². The Morgan fingerprint density at radius 1 is 1.23 bits per heavy atom. The molecule has 1 amide bonds. The standard InChI is InChI=1S/C21H29NO4/c23-11-4-5-12-25-20-14-18(17-9-6-10-17)13-19(26-20)21(24)22-15-16-7-2-1-3-8-16/h1-3,7-8,13,17-18,20,23H,4-6,9-12,14-15H2,(H,22,24)/t18-,20+/m1/s1. The Hall–Kier alpha value is -1.85. The Morgan fingerprint density at radius 2 is 2.04 bits per heavy atom. The van der Waals surface area contributed by atoms with Gasteiger partial charge in [0.15, 0.2) is 5.76 Å². The van der Waals surface area contributed by atoms with Crippen LogP contribution in [0.3, 0.4) is 0 Å².